The topological polar surface area (TPSA) is 163 Å². The van der Waals surface area contributed by atoms with Crippen molar-refractivity contribution in [3.8, 4) is 0 Å². The van der Waals surface area contributed by atoms with Crippen molar-refractivity contribution < 1.29 is 33.5 Å². The molecule has 3 N–H and O–H groups in total. The highest BCUT2D eigenvalue weighted by Gasteiger charge is 2.57. The lowest BCUT2D eigenvalue weighted by atomic mass is 9.87. The van der Waals surface area contributed by atoms with E-state index in [-0.39, 0.29) is 34.7 Å². The first kappa shape index (κ1) is 30.8. The molecule has 14 heteroatoms. The molecule has 3 aromatic rings. The first-order valence-electron chi connectivity index (χ1n) is 13.4. The number of aromatic nitrogens is 1. The predicted octanol–water partition coefficient (Wildman–Crippen LogP) is 2.52. The Kier molecular flexibility index (Phi) is 9.30. The van der Waals surface area contributed by atoms with Crippen LogP contribution in [0.25, 0.3) is 0 Å². The second-order valence-electron chi connectivity index (χ2n) is 9.95. The van der Waals surface area contributed by atoms with Gasteiger partial charge >= 0.3 is 11.9 Å². The minimum atomic E-state index is -1.17. The number of amides is 2. The fourth-order valence-corrected chi connectivity index (χ4v) is 6.83. The van der Waals surface area contributed by atoms with Crippen molar-refractivity contribution in [2.24, 2.45) is 10.6 Å². The van der Waals surface area contributed by atoms with Gasteiger partial charge in [0.2, 0.25) is 12.5 Å². The molecule has 0 spiro atoms. The lowest BCUT2D eigenvalue weighted by molar-refractivity contribution is -0.162. The van der Waals surface area contributed by atoms with E-state index in [9.17, 15) is 19.2 Å². The number of β-lactam (4-membered cyclic amide) rings is 1. The van der Waals surface area contributed by atoms with Crippen LogP contribution < -0.4 is 11.1 Å². The molecule has 2 amide bonds. The number of methoxy groups -OCH3 is 1. The van der Waals surface area contributed by atoms with Gasteiger partial charge in [0.25, 0.3) is 5.91 Å². The van der Waals surface area contributed by atoms with Crippen LogP contribution in [-0.2, 0) is 33.5 Å². The number of benzene rings is 2. The van der Waals surface area contributed by atoms with Crippen molar-refractivity contribution in [2.75, 3.05) is 31.7 Å². The zero-order valence-electron chi connectivity index (χ0n) is 23.6. The van der Waals surface area contributed by atoms with Crippen LogP contribution in [0.2, 0.25) is 0 Å². The first-order chi connectivity index (χ1) is 21.3. The monoisotopic (exact) mass is 635 g/mol. The molecular formula is C30H29N5O7S2. The Labute approximate surface area is 261 Å². The zero-order chi connectivity index (χ0) is 31.3. The van der Waals surface area contributed by atoms with Crippen LogP contribution in [-0.4, -0.2) is 76.8 Å². The lowest BCUT2D eigenvalue weighted by Gasteiger charge is -2.53. The maximum Gasteiger partial charge on any atom is 0.346 e. The second kappa shape index (κ2) is 13.3. The highest BCUT2D eigenvalue weighted by Crippen LogP contribution is 2.44. The Morgan fingerprint density at radius 2 is 1.84 bits per heavy atom. The summed E-state index contributed by atoms with van der Waals surface area (Å²) in [5.41, 5.74) is 6.03. The van der Waals surface area contributed by atoms with Crippen molar-refractivity contribution in [2.45, 2.75) is 17.5 Å². The maximum absolute atomic E-state index is 13.8. The Morgan fingerprint density at radius 1 is 1.18 bits per heavy atom. The number of carbonyl (C=O) groups is 4. The highest BCUT2D eigenvalue weighted by molar-refractivity contribution is 8.00. The van der Waals surface area contributed by atoms with Gasteiger partial charge in [0.05, 0.1) is 7.11 Å². The number of nitrogens with one attached hydrogen (secondary N) is 1. The third-order valence-electron chi connectivity index (χ3n) is 7.16. The van der Waals surface area contributed by atoms with Gasteiger partial charge in [-0.05, 0) is 11.1 Å². The summed E-state index contributed by atoms with van der Waals surface area (Å²) in [5.74, 6) is -2.05. The normalized spacial score (nSPS) is 21.1. The number of nitrogens with two attached hydrogens (primary N) is 1. The van der Waals surface area contributed by atoms with Crippen LogP contribution in [0.1, 0.15) is 22.9 Å². The summed E-state index contributed by atoms with van der Waals surface area (Å²) in [5, 5.41) is 7.69. The molecule has 12 nitrogen and oxygen atoms in total. The van der Waals surface area contributed by atoms with E-state index in [1.807, 2.05) is 60.7 Å². The number of nitrogens with zero attached hydrogens (tertiary/aromatic N) is 3. The van der Waals surface area contributed by atoms with Gasteiger partial charge in [0.15, 0.2) is 16.9 Å². The summed E-state index contributed by atoms with van der Waals surface area (Å²) in [6, 6.07) is 17.9. The van der Waals surface area contributed by atoms with Crippen molar-refractivity contribution in [3.05, 3.63) is 95.5 Å². The van der Waals surface area contributed by atoms with Crippen molar-refractivity contribution >= 4 is 57.7 Å². The molecule has 5 rings (SSSR count). The number of esters is 2. The van der Waals surface area contributed by atoms with Gasteiger partial charge in [-0.3, -0.25) is 14.4 Å². The van der Waals surface area contributed by atoms with E-state index in [0.29, 0.717) is 0 Å². The van der Waals surface area contributed by atoms with E-state index in [0.717, 1.165) is 22.5 Å². The van der Waals surface area contributed by atoms with Crippen molar-refractivity contribution in [3.63, 3.8) is 0 Å². The van der Waals surface area contributed by atoms with Crippen molar-refractivity contribution in [1.82, 2.24) is 15.2 Å². The molecule has 2 saturated heterocycles. The molecule has 0 aliphatic carbocycles. The van der Waals surface area contributed by atoms with Gasteiger partial charge < -0.3 is 30.3 Å². The molecule has 44 heavy (non-hydrogen) atoms. The second-order valence-corrected chi connectivity index (χ2v) is 11.9. The number of rotatable bonds is 11. The average Bonchev–Trinajstić information content (AvgIpc) is 3.49. The Hall–Kier alpha value is -4.69. The van der Waals surface area contributed by atoms with Crippen LogP contribution in [0.3, 0.4) is 0 Å². The number of nitrogen functional groups attached to an aromatic ring is 1. The van der Waals surface area contributed by atoms with Gasteiger partial charge in [0.1, 0.15) is 22.5 Å². The third-order valence-corrected chi connectivity index (χ3v) is 9.39. The van der Waals surface area contributed by atoms with Gasteiger partial charge in [0, 0.05) is 17.7 Å². The van der Waals surface area contributed by atoms with Crippen LogP contribution in [0.4, 0.5) is 5.13 Å². The smallest absolute Gasteiger partial charge is 0.346 e. The molecule has 3 atom stereocenters. The quantitative estimate of drug-likeness (QED) is 0.105. The number of anilines is 1. The molecule has 2 aromatic carbocycles. The molecule has 0 bridgehead atoms. The molecule has 2 unspecified atom stereocenters. The molecule has 2 fully saturated rings. The number of thiazole rings is 1. The van der Waals surface area contributed by atoms with Gasteiger partial charge in [-0.1, -0.05) is 71.9 Å². The zero-order valence-corrected chi connectivity index (χ0v) is 25.2. The number of thioether (sulfide) groups is 1. The maximum atomic E-state index is 13.8. The standard InChI is InChI=1S/C30H29N5O7S2/c1-3-30(28(39)42-24(18-10-6-4-7-11-18)19-12-8-5-9-13-19)16-35-26(38)23(27(35)44-17-30)33-25(37)22(20-15-43-29(31)32-20)34-41-14-21(36)40-2/h3-13,15,23-24,27H,1,14,16-17H2,2H3,(H2,31,32)(H,33,37)/t23?,27-,30?/m1/s1. The minimum absolute atomic E-state index is 0.0420. The SMILES string of the molecule is C=CC1(C(=O)OC(c2ccccc2)c2ccccc2)CS[C@@H]2C(NC(=O)C(=NOCC(=O)OC)c3csc(N)n3)C(=O)N2C1. The largest absolute Gasteiger partial charge is 0.466 e. The fraction of sp³-hybridized carbons (Fsp3) is 0.267. The molecule has 1 aromatic heterocycles. The van der Waals surface area contributed by atoms with Crippen LogP contribution in [0.15, 0.2) is 83.9 Å². The van der Waals surface area contributed by atoms with Crippen molar-refractivity contribution in [1.29, 1.82) is 0 Å². The number of oxime groups is 1. The third kappa shape index (κ3) is 6.31. The Bertz CT molecular complexity index is 1540. The molecule has 0 radical (unpaired) electrons. The van der Waals surface area contributed by atoms with Gasteiger partial charge in [-0.15, -0.1) is 29.7 Å². The number of ether oxygens (including phenoxy) is 2. The fourth-order valence-electron chi connectivity index (χ4n) is 4.75. The summed E-state index contributed by atoms with van der Waals surface area (Å²) in [6.45, 7) is 3.42. The molecule has 228 valence electrons. The van der Waals surface area contributed by atoms with Crippen LogP contribution in [0, 0.1) is 5.41 Å². The number of carbonyl (C=O) groups excluding carboxylic acids is 4. The highest BCUT2D eigenvalue weighted by atomic mass is 32.2. The van der Waals surface area contributed by atoms with E-state index in [2.05, 4.69) is 26.8 Å². The molecule has 2 aliphatic rings. The van der Waals surface area contributed by atoms with E-state index in [1.165, 1.54) is 35.2 Å². The van der Waals surface area contributed by atoms with E-state index in [1.54, 1.807) is 0 Å². The molecule has 2 aliphatic heterocycles. The molecule has 3 heterocycles. The summed E-state index contributed by atoms with van der Waals surface area (Å²) < 4.78 is 10.6. The minimum Gasteiger partial charge on any atom is -0.466 e. The summed E-state index contributed by atoms with van der Waals surface area (Å²) in [7, 11) is 1.19. The van der Waals surface area contributed by atoms with Gasteiger partial charge in [-0.2, -0.15) is 0 Å². The Morgan fingerprint density at radius 3 is 2.41 bits per heavy atom. The Balaban J connectivity index is 1.28. The number of hydrogen-bond donors (Lipinski definition) is 2. The molecule has 0 saturated carbocycles. The lowest BCUT2D eigenvalue weighted by Crippen LogP contribution is -2.73. The predicted molar refractivity (Wildman–Crippen MR) is 164 cm³/mol. The van der Waals surface area contributed by atoms with E-state index >= 15 is 0 Å². The van der Waals surface area contributed by atoms with Crippen LogP contribution in [0.5, 0.6) is 0 Å². The average molecular weight is 636 g/mol. The van der Waals surface area contributed by atoms with Crippen LogP contribution >= 0.6 is 23.1 Å². The first-order valence-corrected chi connectivity index (χ1v) is 15.3. The number of hydrogen-bond acceptors (Lipinski definition) is 12. The van der Waals surface area contributed by atoms with E-state index < -0.39 is 47.4 Å². The molecular weight excluding hydrogens is 606 g/mol. The summed E-state index contributed by atoms with van der Waals surface area (Å²) >= 11 is 2.42. The summed E-state index contributed by atoms with van der Waals surface area (Å²) in [4.78, 5) is 62.3. The summed E-state index contributed by atoms with van der Waals surface area (Å²) in [6.07, 6.45) is 0.878. The van der Waals surface area contributed by atoms with Gasteiger partial charge in [-0.25, -0.2) is 9.78 Å². The van der Waals surface area contributed by atoms with E-state index in [4.69, 9.17) is 15.3 Å². The number of fused-ring (bicyclic) bond motifs is 1.